The fourth-order valence-electron chi connectivity index (χ4n) is 3.60. The van der Waals surface area contributed by atoms with Gasteiger partial charge in [-0.05, 0) is 55.4 Å². The van der Waals surface area contributed by atoms with E-state index in [0.29, 0.717) is 45.3 Å². The summed E-state index contributed by atoms with van der Waals surface area (Å²) in [6, 6.07) is 5.01. The maximum Gasteiger partial charge on any atom is 0.341 e. The van der Waals surface area contributed by atoms with E-state index >= 15 is 0 Å². The van der Waals surface area contributed by atoms with Gasteiger partial charge in [0.1, 0.15) is 10.8 Å². The Morgan fingerprint density at radius 1 is 1.30 bits per heavy atom. The smallest absolute Gasteiger partial charge is 0.341 e. The van der Waals surface area contributed by atoms with Crippen LogP contribution in [0.3, 0.4) is 0 Å². The fraction of sp³-hybridized carbons (Fsp3) is 0.455. The molecule has 1 N–H and O–H groups in total. The number of carbonyl (C=O) groups is 2. The van der Waals surface area contributed by atoms with Gasteiger partial charge in [-0.3, -0.25) is 4.79 Å². The van der Waals surface area contributed by atoms with E-state index in [-0.39, 0.29) is 12.3 Å². The molecule has 0 bridgehead atoms. The number of carbonyl (C=O) groups excluding carboxylic acids is 2. The highest BCUT2D eigenvalue weighted by Crippen LogP contribution is 2.40. The van der Waals surface area contributed by atoms with Crippen molar-refractivity contribution in [3.63, 3.8) is 0 Å². The molecule has 30 heavy (non-hydrogen) atoms. The number of hydrogen-bond acceptors (Lipinski definition) is 5. The maximum atomic E-state index is 12.5. The van der Waals surface area contributed by atoms with Crippen LogP contribution in [0.1, 0.15) is 53.4 Å². The molecule has 0 aliphatic heterocycles. The van der Waals surface area contributed by atoms with Gasteiger partial charge in [-0.15, -0.1) is 11.3 Å². The van der Waals surface area contributed by atoms with Crippen molar-refractivity contribution in [2.24, 2.45) is 5.92 Å². The Hall–Kier alpha value is -1.76. The number of benzene rings is 1. The topological polar surface area (TPSA) is 64.6 Å². The van der Waals surface area contributed by atoms with Crippen LogP contribution in [0.5, 0.6) is 5.75 Å². The van der Waals surface area contributed by atoms with Gasteiger partial charge in [0.15, 0.2) is 0 Å². The SMILES string of the molecule is CC[C@@H]1CCc2c(sc(NC(=O)CCCOc3ccc(Cl)cc3Cl)c2C(=O)OC)C1. The van der Waals surface area contributed by atoms with E-state index in [9.17, 15) is 9.59 Å². The molecule has 3 rings (SSSR count). The summed E-state index contributed by atoms with van der Waals surface area (Å²) in [5.74, 6) is 0.614. The molecule has 162 valence electrons. The quantitative estimate of drug-likeness (QED) is 0.371. The van der Waals surface area contributed by atoms with E-state index in [1.54, 1.807) is 18.2 Å². The molecule has 1 heterocycles. The Bertz CT molecular complexity index is 928. The van der Waals surface area contributed by atoms with Crippen LogP contribution >= 0.6 is 34.5 Å². The first-order chi connectivity index (χ1) is 14.4. The predicted molar refractivity (Wildman–Crippen MR) is 121 cm³/mol. The molecule has 1 aromatic carbocycles. The molecule has 1 aromatic heterocycles. The number of esters is 1. The second kappa shape index (κ2) is 10.5. The standard InChI is InChI=1S/C22H25Cl2NO4S/c1-3-13-6-8-15-18(11-13)30-21(20(15)22(27)28-2)25-19(26)5-4-10-29-17-9-7-14(23)12-16(17)24/h7,9,12-13H,3-6,8,10-11H2,1-2H3,(H,25,26)/t13-/m1/s1. The molecule has 0 radical (unpaired) electrons. The van der Waals surface area contributed by atoms with Crippen molar-refractivity contribution in [1.29, 1.82) is 0 Å². The van der Waals surface area contributed by atoms with Gasteiger partial charge in [0.25, 0.3) is 0 Å². The number of fused-ring (bicyclic) bond motifs is 1. The van der Waals surface area contributed by atoms with Crippen molar-refractivity contribution in [2.75, 3.05) is 19.0 Å². The molecule has 0 saturated heterocycles. The molecular weight excluding hydrogens is 445 g/mol. The summed E-state index contributed by atoms with van der Waals surface area (Å²) < 4.78 is 10.6. The number of ether oxygens (including phenoxy) is 2. The van der Waals surface area contributed by atoms with E-state index < -0.39 is 5.97 Å². The molecule has 1 aliphatic rings. The van der Waals surface area contributed by atoms with Crippen molar-refractivity contribution < 1.29 is 19.1 Å². The maximum absolute atomic E-state index is 12.5. The molecule has 8 heteroatoms. The van der Waals surface area contributed by atoms with Crippen molar-refractivity contribution in [2.45, 2.75) is 45.4 Å². The van der Waals surface area contributed by atoms with Crippen LogP contribution in [0.4, 0.5) is 5.00 Å². The fourth-order valence-corrected chi connectivity index (χ4v) is 5.43. The van der Waals surface area contributed by atoms with Crippen molar-refractivity contribution >= 4 is 51.4 Å². The first-order valence-corrected chi connectivity index (χ1v) is 11.6. The minimum Gasteiger partial charge on any atom is -0.492 e. The lowest BCUT2D eigenvalue weighted by atomic mass is 9.85. The van der Waals surface area contributed by atoms with Gasteiger partial charge in [0, 0.05) is 16.3 Å². The van der Waals surface area contributed by atoms with Crippen LogP contribution in [0.25, 0.3) is 0 Å². The van der Waals surface area contributed by atoms with E-state index in [1.807, 2.05) is 0 Å². The molecule has 5 nitrogen and oxygen atoms in total. The largest absolute Gasteiger partial charge is 0.492 e. The van der Waals surface area contributed by atoms with Crippen LogP contribution in [0, 0.1) is 5.92 Å². The molecular formula is C22H25Cl2NO4S. The van der Waals surface area contributed by atoms with E-state index in [2.05, 4.69) is 12.2 Å². The first kappa shape index (κ1) is 22.9. The molecule has 0 fully saturated rings. The zero-order chi connectivity index (χ0) is 21.7. The summed E-state index contributed by atoms with van der Waals surface area (Å²) in [7, 11) is 1.37. The summed E-state index contributed by atoms with van der Waals surface area (Å²) in [6.45, 7) is 2.53. The zero-order valence-corrected chi connectivity index (χ0v) is 19.4. The molecule has 2 aromatic rings. The number of thiophene rings is 1. The van der Waals surface area contributed by atoms with Gasteiger partial charge in [-0.25, -0.2) is 4.79 Å². The second-order valence-corrected chi connectivity index (χ2v) is 9.24. The molecule has 0 unspecified atom stereocenters. The third-order valence-corrected chi connectivity index (χ3v) is 6.99. The van der Waals surface area contributed by atoms with Gasteiger partial charge in [-0.1, -0.05) is 36.5 Å². The summed E-state index contributed by atoms with van der Waals surface area (Å²) >= 11 is 13.4. The summed E-state index contributed by atoms with van der Waals surface area (Å²) in [5.41, 5.74) is 1.55. The number of amides is 1. The van der Waals surface area contributed by atoms with E-state index in [4.69, 9.17) is 32.7 Å². The highest BCUT2D eigenvalue weighted by molar-refractivity contribution is 7.17. The number of anilines is 1. The predicted octanol–water partition coefficient (Wildman–Crippen LogP) is 6.15. The van der Waals surface area contributed by atoms with E-state index in [1.165, 1.54) is 23.3 Å². The van der Waals surface area contributed by atoms with Gasteiger partial charge in [0.2, 0.25) is 5.91 Å². The Labute approximate surface area is 190 Å². The Balaban J connectivity index is 1.59. The van der Waals surface area contributed by atoms with E-state index in [0.717, 1.165) is 31.2 Å². The third-order valence-electron chi connectivity index (χ3n) is 5.29. The zero-order valence-electron chi connectivity index (χ0n) is 17.1. The minimum atomic E-state index is -0.390. The van der Waals surface area contributed by atoms with Crippen molar-refractivity contribution in [3.05, 3.63) is 44.2 Å². The Morgan fingerprint density at radius 2 is 2.10 bits per heavy atom. The van der Waals surface area contributed by atoms with Gasteiger partial charge >= 0.3 is 5.97 Å². The Morgan fingerprint density at radius 3 is 2.80 bits per heavy atom. The normalized spacial score (nSPS) is 15.4. The van der Waals surface area contributed by atoms with Gasteiger partial charge < -0.3 is 14.8 Å². The second-order valence-electron chi connectivity index (χ2n) is 7.29. The lowest BCUT2D eigenvalue weighted by Crippen LogP contribution is -2.16. The first-order valence-electron chi connectivity index (χ1n) is 10.0. The van der Waals surface area contributed by atoms with Crippen LogP contribution in [-0.4, -0.2) is 25.6 Å². The summed E-state index contributed by atoms with van der Waals surface area (Å²) in [6.07, 6.45) is 4.76. The summed E-state index contributed by atoms with van der Waals surface area (Å²) in [4.78, 5) is 26.0. The minimum absolute atomic E-state index is 0.156. The lowest BCUT2D eigenvalue weighted by molar-refractivity contribution is -0.116. The molecule has 0 spiro atoms. The number of nitrogens with one attached hydrogen (secondary N) is 1. The number of rotatable bonds is 8. The van der Waals surface area contributed by atoms with Gasteiger partial charge in [-0.2, -0.15) is 0 Å². The summed E-state index contributed by atoms with van der Waals surface area (Å²) in [5, 5.41) is 4.48. The van der Waals surface area contributed by atoms with Crippen molar-refractivity contribution in [3.8, 4) is 5.75 Å². The van der Waals surface area contributed by atoms with Crippen LogP contribution in [0.2, 0.25) is 10.0 Å². The monoisotopic (exact) mass is 469 g/mol. The number of methoxy groups -OCH3 is 1. The Kier molecular flexibility index (Phi) is 8.03. The molecule has 1 aliphatic carbocycles. The average molecular weight is 470 g/mol. The average Bonchev–Trinajstić information content (AvgIpc) is 3.08. The van der Waals surface area contributed by atoms with Crippen LogP contribution in [0.15, 0.2) is 18.2 Å². The molecule has 1 atom stereocenters. The number of halogens is 2. The van der Waals surface area contributed by atoms with Gasteiger partial charge in [0.05, 0.1) is 24.3 Å². The molecule has 0 saturated carbocycles. The molecule has 1 amide bonds. The highest BCUT2D eigenvalue weighted by atomic mass is 35.5. The lowest BCUT2D eigenvalue weighted by Gasteiger charge is -2.20. The van der Waals surface area contributed by atoms with Crippen molar-refractivity contribution in [1.82, 2.24) is 0 Å². The third kappa shape index (κ3) is 5.48. The number of hydrogen-bond donors (Lipinski definition) is 1. The van der Waals surface area contributed by atoms with Crippen LogP contribution < -0.4 is 10.1 Å². The highest BCUT2D eigenvalue weighted by Gasteiger charge is 2.29. The van der Waals surface area contributed by atoms with Crippen LogP contribution in [-0.2, 0) is 22.4 Å².